The first-order valence-corrected chi connectivity index (χ1v) is 4.41. The van der Waals surface area contributed by atoms with Gasteiger partial charge in [0.2, 0.25) is 0 Å². The van der Waals surface area contributed by atoms with E-state index >= 15 is 0 Å². The molecule has 2 nitrogen and oxygen atoms in total. The summed E-state index contributed by atoms with van der Waals surface area (Å²) in [6, 6.07) is 2.45. The molecule has 0 radical (unpaired) electrons. The van der Waals surface area contributed by atoms with Crippen LogP contribution in [0.3, 0.4) is 0 Å². The molecule has 82 valence electrons. The van der Waals surface area contributed by atoms with E-state index in [4.69, 9.17) is 0 Å². The Balaban J connectivity index is 2.88. The minimum Gasteiger partial charge on any atom is -0.303 e. The molecule has 5 heteroatoms. The Labute approximate surface area is 85.1 Å². The summed E-state index contributed by atoms with van der Waals surface area (Å²) in [7, 11) is 0. The third kappa shape index (κ3) is 3.34. The highest BCUT2D eigenvalue weighted by Crippen LogP contribution is 2.27. The van der Waals surface area contributed by atoms with Crippen molar-refractivity contribution in [1.82, 2.24) is 4.98 Å². The fraction of sp³-hybridized carbons (Fsp3) is 0.400. The van der Waals surface area contributed by atoms with Gasteiger partial charge >= 0.3 is 6.18 Å². The van der Waals surface area contributed by atoms with Crippen molar-refractivity contribution in [2.75, 3.05) is 0 Å². The fourth-order valence-electron chi connectivity index (χ4n) is 1.18. The predicted molar refractivity (Wildman–Crippen MR) is 48.2 cm³/mol. The Kier molecular flexibility index (Phi) is 3.44. The zero-order chi connectivity index (χ0) is 11.5. The van der Waals surface area contributed by atoms with Crippen LogP contribution in [-0.2, 0) is 17.4 Å². The van der Waals surface area contributed by atoms with Crippen molar-refractivity contribution in [2.24, 2.45) is 5.92 Å². The van der Waals surface area contributed by atoms with Gasteiger partial charge in [0.05, 0.1) is 0 Å². The Morgan fingerprint density at radius 1 is 1.53 bits per heavy atom. The third-order valence-electron chi connectivity index (χ3n) is 1.90. The van der Waals surface area contributed by atoms with Gasteiger partial charge in [-0.2, -0.15) is 13.2 Å². The number of rotatable bonds is 3. The first-order valence-electron chi connectivity index (χ1n) is 4.41. The lowest BCUT2D eigenvalue weighted by atomic mass is 10.0. The Hall–Kier alpha value is -1.39. The van der Waals surface area contributed by atoms with Gasteiger partial charge in [0.1, 0.15) is 12.0 Å². The van der Waals surface area contributed by atoms with E-state index in [1.54, 1.807) is 6.92 Å². The van der Waals surface area contributed by atoms with Crippen molar-refractivity contribution in [3.8, 4) is 0 Å². The van der Waals surface area contributed by atoms with Crippen LogP contribution in [0.15, 0.2) is 18.3 Å². The number of carbonyl (C=O) groups excluding carboxylic acids is 1. The molecule has 1 atom stereocenters. The largest absolute Gasteiger partial charge is 0.433 e. The van der Waals surface area contributed by atoms with Crippen LogP contribution in [0.1, 0.15) is 18.2 Å². The number of nitrogens with zero attached hydrogens (tertiary/aromatic N) is 1. The monoisotopic (exact) mass is 217 g/mol. The molecule has 0 fully saturated rings. The summed E-state index contributed by atoms with van der Waals surface area (Å²) in [5, 5.41) is 0. The molecule has 0 aliphatic heterocycles. The standard InChI is InChI=1S/C10H10F3NO/c1-7(6-15)4-8-2-3-14-9(5-8)10(11,12)13/h2-3,5-7H,4H2,1H3. The van der Waals surface area contributed by atoms with Gasteiger partial charge in [-0.1, -0.05) is 6.92 Å². The maximum Gasteiger partial charge on any atom is 0.433 e. The second kappa shape index (κ2) is 4.42. The first kappa shape index (κ1) is 11.7. The van der Waals surface area contributed by atoms with Gasteiger partial charge in [-0.3, -0.25) is 4.98 Å². The first-order chi connectivity index (χ1) is 6.93. The van der Waals surface area contributed by atoms with E-state index in [9.17, 15) is 18.0 Å². The molecule has 1 aromatic heterocycles. The van der Waals surface area contributed by atoms with E-state index < -0.39 is 11.9 Å². The van der Waals surface area contributed by atoms with Gasteiger partial charge in [0.15, 0.2) is 0 Å². The van der Waals surface area contributed by atoms with Gasteiger partial charge in [0, 0.05) is 12.1 Å². The highest BCUT2D eigenvalue weighted by molar-refractivity contribution is 5.53. The number of halogens is 3. The zero-order valence-corrected chi connectivity index (χ0v) is 8.08. The molecule has 0 N–H and O–H groups in total. The van der Waals surface area contributed by atoms with Crippen molar-refractivity contribution < 1.29 is 18.0 Å². The van der Waals surface area contributed by atoms with E-state index in [-0.39, 0.29) is 5.92 Å². The summed E-state index contributed by atoms with van der Waals surface area (Å²) in [6.45, 7) is 1.65. The average Bonchev–Trinajstić information content (AvgIpc) is 2.17. The lowest BCUT2D eigenvalue weighted by molar-refractivity contribution is -0.141. The molecule has 1 unspecified atom stereocenters. The van der Waals surface area contributed by atoms with Crippen LogP contribution >= 0.6 is 0 Å². The topological polar surface area (TPSA) is 30.0 Å². The average molecular weight is 217 g/mol. The number of hydrogen-bond donors (Lipinski definition) is 0. The highest BCUT2D eigenvalue weighted by Gasteiger charge is 2.32. The normalized spacial score (nSPS) is 13.6. The van der Waals surface area contributed by atoms with Crippen LogP contribution in [0.4, 0.5) is 13.2 Å². The van der Waals surface area contributed by atoms with Crippen molar-refractivity contribution >= 4 is 6.29 Å². The summed E-state index contributed by atoms with van der Waals surface area (Å²) >= 11 is 0. The number of pyridine rings is 1. The zero-order valence-electron chi connectivity index (χ0n) is 8.08. The van der Waals surface area contributed by atoms with Crippen LogP contribution < -0.4 is 0 Å². The van der Waals surface area contributed by atoms with Crippen LogP contribution in [0.2, 0.25) is 0 Å². The van der Waals surface area contributed by atoms with Crippen LogP contribution in [0, 0.1) is 5.92 Å². The fourth-order valence-corrected chi connectivity index (χ4v) is 1.18. The number of aldehydes is 1. The lowest BCUT2D eigenvalue weighted by Gasteiger charge is -2.08. The van der Waals surface area contributed by atoms with Crippen LogP contribution in [0.25, 0.3) is 0 Å². The quantitative estimate of drug-likeness (QED) is 0.728. The molecule has 0 aromatic carbocycles. The SMILES string of the molecule is CC(C=O)Cc1ccnc(C(F)(F)F)c1. The predicted octanol–water partition coefficient (Wildman–Crippen LogP) is 2.48. The van der Waals surface area contributed by atoms with Crippen LogP contribution in [-0.4, -0.2) is 11.3 Å². The van der Waals surface area contributed by atoms with Crippen molar-refractivity contribution in [3.05, 3.63) is 29.6 Å². The molecule has 0 amide bonds. The number of alkyl halides is 3. The van der Waals surface area contributed by atoms with Crippen molar-refractivity contribution in [2.45, 2.75) is 19.5 Å². The Morgan fingerprint density at radius 2 is 2.20 bits per heavy atom. The van der Waals surface area contributed by atoms with Gasteiger partial charge < -0.3 is 4.79 Å². The molecule has 1 rings (SSSR count). The smallest absolute Gasteiger partial charge is 0.303 e. The van der Waals surface area contributed by atoms with Gasteiger partial charge in [-0.25, -0.2) is 0 Å². The molecule has 1 heterocycles. The summed E-state index contributed by atoms with van der Waals surface area (Å²) < 4.78 is 36.8. The van der Waals surface area contributed by atoms with E-state index in [0.29, 0.717) is 18.3 Å². The second-order valence-corrected chi connectivity index (χ2v) is 3.36. The Morgan fingerprint density at radius 3 is 2.73 bits per heavy atom. The molecule has 15 heavy (non-hydrogen) atoms. The van der Waals surface area contributed by atoms with Crippen molar-refractivity contribution in [3.63, 3.8) is 0 Å². The molecule has 0 aliphatic rings. The van der Waals surface area contributed by atoms with E-state index in [2.05, 4.69) is 4.98 Å². The summed E-state index contributed by atoms with van der Waals surface area (Å²) in [4.78, 5) is 13.6. The van der Waals surface area contributed by atoms with Gasteiger partial charge in [0.25, 0.3) is 0 Å². The van der Waals surface area contributed by atoms with E-state index in [0.717, 1.165) is 12.3 Å². The van der Waals surface area contributed by atoms with E-state index in [1.807, 2.05) is 0 Å². The third-order valence-corrected chi connectivity index (χ3v) is 1.90. The summed E-state index contributed by atoms with van der Waals surface area (Å²) in [6.07, 6.45) is -2.31. The molecule has 0 bridgehead atoms. The number of hydrogen-bond acceptors (Lipinski definition) is 2. The molecule has 0 saturated carbocycles. The molecular weight excluding hydrogens is 207 g/mol. The van der Waals surface area contributed by atoms with Crippen LogP contribution in [0.5, 0.6) is 0 Å². The van der Waals surface area contributed by atoms with E-state index in [1.165, 1.54) is 6.07 Å². The molecule has 1 aromatic rings. The summed E-state index contributed by atoms with van der Waals surface area (Å²) in [5.74, 6) is -0.284. The lowest BCUT2D eigenvalue weighted by Crippen LogP contribution is -2.09. The van der Waals surface area contributed by atoms with Gasteiger partial charge in [-0.05, 0) is 24.1 Å². The summed E-state index contributed by atoms with van der Waals surface area (Å²) in [5.41, 5.74) is -0.449. The molecule has 0 saturated heterocycles. The minimum atomic E-state index is -4.43. The van der Waals surface area contributed by atoms with Crippen molar-refractivity contribution in [1.29, 1.82) is 0 Å². The highest BCUT2D eigenvalue weighted by atomic mass is 19.4. The molecule has 0 aliphatic carbocycles. The maximum atomic E-state index is 12.3. The Bertz CT molecular complexity index is 349. The minimum absolute atomic E-state index is 0.284. The number of carbonyl (C=O) groups is 1. The second-order valence-electron chi connectivity index (χ2n) is 3.36. The molecule has 0 spiro atoms. The maximum absolute atomic E-state index is 12.3. The number of aromatic nitrogens is 1. The molecular formula is C10H10F3NO. The van der Waals surface area contributed by atoms with Gasteiger partial charge in [-0.15, -0.1) is 0 Å².